The molecular formula is C22H27N3O5S. The standard InChI is InChI=1S/C22H27N3O5S/c1-5-14-30-19-11-8-17(15-20(19)29-4)12-13-24-22(26)21(25-31(27,28)23-3)18-9-6-16(2)7-10-18/h1,6-11,15,21,23,25H,12-14H2,2-4H3,(H,24,26). The van der Waals surface area contributed by atoms with Crippen LogP contribution < -0.4 is 24.2 Å². The maximum atomic E-state index is 12.8. The van der Waals surface area contributed by atoms with Gasteiger partial charge in [-0.2, -0.15) is 13.1 Å². The van der Waals surface area contributed by atoms with Gasteiger partial charge in [0.05, 0.1) is 7.11 Å². The molecule has 0 aliphatic rings. The van der Waals surface area contributed by atoms with Crippen LogP contribution in [0.1, 0.15) is 22.7 Å². The number of aryl methyl sites for hydroxylation is 1. The zero-order valence-corrected chi connectivity index (χ0v) is 18.6. The van der Waals surface area contributed by atoms with Crippen LogP contribution in [-0.4, -0.2) is 41.6 Å². The Morgan fingerprint density at radius 3 is 2.48 bits per heavy atom. The van der Waals surface area contributed by atoms with Crippen LogP contribution in [0.25, 0.3) is 0 Å². The summed E-state index contributed by atoms with van der Waals surface area (Å²) in [6.45, 7) is 2.35. The molecule has 0 saturated heterocycles. The molecule has 0 aliphatic heterocycles. The summed E-state index contributed by atoms with van der Waals surface area (Å²) >= 11 is 0. The molecule has 0 spiro atoms. The van der Waals surface area contributed by atoms with Gasteiger partial charge in [-0.25, -0.2) is 4.72 Å². The molecule has 166 valence electrons. The molecule has 3 N–H and O–H groups in total. The highest BCUT2D eigenvalue weighted by Crippen LogP contribution is 2.28. The molecular weight excluding hydrogens is 418 g/mol. The van der Waals surface area contributed by atoms with Gasteiger partial charge in [-0.1, -0.05) is 41.8 Å². The summed E-state index contributed by atoms with van der Waals surface area (Å²) < 4.78 is 39.2. The Hall–Kier alpha value is -3.06. The van der Waals surface area contributed by atoms with Gasteiger partial charge in [0.15, 0.2) is 11.5 Å². The van der Waals surface area contributed by atoms with Crippen molar-refractivity contribution in [1.82, 2.24) is 14.8 Å². The third kappa shape index (κ3) is 7.29. The van der Waals surface area contributed by atoms with Gasteiger partial charge in [0.1, 0.15) is 12.6 Å². The average molecular weight is 446 g/mol. The summed E-state index contributed by atoms with van der Waals surface area (Å²) in [6.07, 6.45) is 5.72. The van der Waals surface area contributed by atoms with Crippen molar-refractivity contribution < 1.29 is 22.7 Å². The van der Waals surface area contributed by atoms with Gasteiger partial charge >= 0.3 is 0 Å². The van der Waals surface area contributed by atoms with Crippen LogP contribution >= 0.6 is 0 Å². The van der Waals surface area contributed by atoms with E-state index in [0.29, 0.717) is 30.0 Å². The Balaban J connectivity index is 2.07. The second kappa shape index (κ2) is 11.4. The van der Waals surface area contributed by atoms with Gasteiger partial charge in [-0.15, -0.1) is 6.42 Å². The van der Waals surface area contributed by atoms with Crippen molar-refractivity contribution in [2.24, 2.45) is 0 Å². The van der Waals surface area contributed by atoms with Crippen molar-refractivity contribution in [3.63, 3.8) is 0 Å². The number of nitrogens with one attached hydrogen (secondary N) is 3. The van der Waals surface area contributed by atoms with E-state index in [-0.39, 0.29) is 6.61 Å². The molecule has 0 aliphatic carbocycles. The van der Waals surface area contributed by atoms with Gasteiger partial charge in [-0.3, -0.25) is 4.79 Å². The van der Waals surface area contributed by atoms with E-state index in [4.69, 9.17) is 15.9 Å². The zero-order chi connectivity index (χ0) is 22.9. The summed E-state index contributed by atoms with van der Waals surface area (Å²) in [5.74, 6) is 3.02. The lowest BCUT2D eigenvalue weighted by Gasteiger charge is -2.19. The largest absolute Gasteiger partial charge is 0.493 e. The fourth-order valence-electron chi connectivity index (χ4n) is 2.78. The molecule has 1 unspecified atom stereocenters. The quantitative estimate of drug-likeness (QED) is 0.454. The molecule has 31 heavy (non-hydrogen) atoms. The van der Waals surface area contributed by atoms with Crippen LogP contribution in [0.4, 0.5) is 0 Å². The Morgan fingerprint density at radius 2 is 1.87 bits per heavy atom. The van der Waals surface area contributed by atoms with Crippen molar-refractivity contribution in [1.29, 1.82) is 0 Å². The fourth-order valence-corrected chi connectivity index (χ4v) is 3.46. The average Bonchev–Trinajstić information content (AvgIpc) is 2.77. The maximum absolute atomic E-state index is 12.8. The Bertz CT molecular complexity index is 1030. The first-order valence-electron chi connectivity index (χ1n) is 9.58. The number of carbonyl (C=O) groups is 1. The maximum Gasteiger partial charge on any atom is 0.277 e. The van der Waals surface area contributed by atoms with Crippen LogP contribution in [0.15, 0.2) is 42.5 Å². The second-order valence-corrected chi connectivity index (χ2v) is 8.34. The summed E-state index contributed by atoms with van der Waals surface area (Å²) in [4.78, 5) is 12.8. The number of terminal acetylenes is 1. The molecule has 0 radical (unpaired) electrons. The molecule has 0 heterocycles. The van der Waals surface area contributed by atoms with Crippen molar-refractivity contribution in [3.8, 4) is 23.8 Å². The van der Waals surface area contributed by atoms with E-state index in [1.54, 1.807) is 24.3 Å². The van der Waals surface area contributed by atoms with Crippen LogP contribution in [-0.2, 0) is 21.4 Å². The van der Waals surface area contributed by atoms with E-state index < -0.39 is 22.2 Å². The topological polar surface area (TPSA) is 106 Å². The highest BCUT2D eigenvalue weighted by Gasteiger charge is 2.25. The predicted octanol–water partition coefficient (Wildman–Crippen LogP) is 1.47. The first kappa shape index (κ1) is 24.2. The third-order valence-corrected chi connectivity index (χ3v) is 5.55. The molecule has 0 fully saturated rings. The normalized spacial score (nSPS) is 11.9. The van der Waals surface area contributed by atoms with Gasteiger partial charge in [0.25, 0.3) is 10.2 Å². The molecule has 9 heteroatoms. The third-order valence-electron chi connectivity index (χ3n) is 4.47. The molecule has 8 nitrogen and oxygen atoms in total. The lowest BCUT2D eigenvalue weighted by Crippen LogP contribution is -2.44. The SMILES string of the molecule is C#CCOc1ccc(CCNC(=O)C(NS(=O)(=O)NC)c2ccc(C)cc2)cc1OC. The van der Waals surface area contributed by atoms with Gasteiger partial charge in [0, 0.05) is 13.6 Å². The Labute approximate surface area is 183 Å². The number of benzene rings is 2. The monoisotopic (exact) mass is 445 g/mol. The Morgan fingerprint density at radius 1 is 1.16 bits per heavy atom. The highest BCUT2D eigenvalue weighted by atomic mass is 32.2. The number of rotatable bonds is 11. The van der Waals surface area contributed by atoms with Crippen LogP contribution in [0.3, 0.4) is 0 Å². The molecule has 0 saturated carbocycles. The van der Waals surface area contributed by atoms with Crippen molar-refractivity contribution >= 4 is 16.1 Å². The number of hydrogen-bond acceptors (Lipinski definition) is 5. The van der Waals surface area contributed by atoms with Crippen molar-refractivity contribution in [2.45, 2.75) is 19.4 Å². The van der Waals surface area contributed by atoms with Gasteiger partial charge in [-0.05, 0) is 36.6 Å². The number of amides is 1. The minimum Gasteiger partial charge on any atom is -0.493 e. The van der Waals surface area contributed by atoms with E-state index in [1.165, 1.54) is 14.2 Å². The fraction of sp³-hybridized carbons (Fsp3) is 0.318. The number of carbonyl (C=O) groups excluding carboxylic acids is 1. The highest BCUT2D eigenvalue weighted by molar-refractivity contribution is 7.87. The summed E-state index contributed by atoms with van der Waals surface area (Å²) in [5, 5.41) is 2.79. The van der Waals surface area contributed by atoms with Crippen molar-refractivity contribution in [2.75, 3.05) is 27.3 Å². The molecule has 2 aromatic rings. The summed E-state index contributed by atoms with van der Waals surface area (Å²) in [6, 6.07) is 11.4. The van der Waals surface area contributed by atoms with Gasteiger partial charge < -0.3 is 14.8 Å². The van der Waals surface area contributed by atoms with Crippen LogP contribution in [0, 0.1) is 19.3 Å². The van der Waals surface area contributed by atoms with Crippen LogP contribution in [0.2, 0.25) is 0 Å². The lowest BCUT2D eigenvalue weighted by molar-refractivity contribution is -0.122. The lowest BCUT2D eigenvalue weighted by atomic mass is 10.1. The van der Waals surface area contributed by atoms with E-state index in [9.17, 15) is 13.2 Å². The Kier molecular flexibility index (Phi) is 8.88. The number of methoxy groups -OCH3 is 1. The molecule has 1 amide bonds. The summed E-state index contributed by atoms with van der Waals surface area (Å²) in [7, 11) is -1.02. The molecule has 1 atom stereocenters. The molecule has 2 aromatic carbocycles. The zero-order valence-electron chi connectivity index (χ0n) is 17.8. The smallest absolute Gasteiger partial charge is 0.277 e. The molecule has 0 aromatic heterocycles. The number of ether oxygens (including phenoxy) is 2. The van der Waals surface area contributed by atoms with E-state index in [0.717, 1.165) is 11.1 Å². The number of hydrogen-bond donors (Lipinski definition) is 3. The van der Waals surface area contributed by atoms with Crippen molar-refractivity contribution in [3.05, 3.63) is 59.2 Å². The first-order valence-corrected chi connectivity index (χ1v) is 11.1. The molecule has 0 bridgehead atoms. The minimum absolute atomic E-state index is 0.134. The molecule has 2 rings (SSSR count). The second-order valence-electron chi connectivity index (χ2n) is 6.69. The minimum atomic E-state index is -3.83. The van der Waals surface area contributed by atoms with Gasteiger partial charge in [0.2, 0.25) is 5.91 Å². The van der Waals surface area contributed by atoms with E-state index >= 15 is 0 Å². The first-order chi connectivity index (χ1) is 14.8. The van der Waals surface area contributed by atoms with E-state index in [2.05, 4.69) is 20.7 Å². The predicted molar refractivity (Wildman–Crippen MR) is 119 cm³/mol. The summed E-state index contributed by atoms with van der Waals surface area (Å²) in [5.41, 5.74) is 2.45. The van der Waals surface area contributed by atoms with E-state index in [1.807, 2.05) is 25.1 Å². The van der Waals surface area contributed by atoms with Crippen LogP contribution in [0.5, 0.6) is 11.5 Å².